The Morgan fingerprint density at radius 2 is 1.95 bits per heavy atom. The second-order valence-corrected chi connectivity index (χ2v) is 5.71. The monoisotopic (exact) mass is 284 g/mol. The number of nitrogens with one attached hydrogen (secondary N) is 1. The molecule has 1 amide bonds. The summed E-state index contributed by atoms with van der Waals surface area (Å²) in [7, 11) is 0. The molecule has 0 spiro atoms. The molecule has 2 saturated heterocycles. The van der Waals surface area contributed by atoms with Gasteiger partial charge in [-0.1, -0.05) is 6.92 Å². The molecule has 0 aromatic rings. The SMILES string of the molecule is CCN1CCC(NC(=O)CCOC2CCOCC2)CC1. The highest BCUT2D eigenvalue weighted by Gasteiger charge is 2.20. The van der Waals surface area contributed by atoms with E-state index >= 15 is 0 Å². The molecular weight excluding hydrogens is 256 g/mol. The third kappa shape index (κ3) is 5.38. The van der Waals surface area contributed by atoms with Gasteiger partial charge in [-0.3, -0.25) is 4.79 Å². The van der Waals surface area contributed by atoms with E-state index in [2.05, 4.69) is 17.1 Å². The van der Waals surface area contributed by atoms with Gasteiger partial charge in [0.15, 0.2) is 0 Å². The molecule has 5 nitrogen and oxygen atoms in total. The normalized spacial score (nSPS) is 22.9. The van der Waals surface area contributed by atoms with E-state index in [-0.39, 0.29) is 12.0 Å². The van der Waals surface area contributed by atoms with Crippen LogP contribution in [-0.4, -0.2) is 62.4 Å². The molecule has 0 unspecified atom stereocenters. The van der Waals surface area contributed by atoms with Gasteiger partial charge in [-0.15, -0.1) is 0 Å². The smallest absolute Gasteiger partial charge is 0.222 e. The molecule has 0 bridgehead atoms. The third-order valence-corrected chi connectivity index (χ3v) is 4.25. The van der Waals surface area contributed by atoms with Crippen LogP contribution in [0.25, 0.3) is 0 Å². The fourth-order valence-corrected chi connectivity index (χ4v) is 2.85. The van der Waals surface area contributed by atoms with Gasteiger partial charge < -0.3 is 19.7 Å². The van der Waals surface area contributed by atoms with E-state index < -0.39 is 0 Å². The highest BCUT2D eigenvalue weighted by Crippen LogP contribution is 2.12. The van der Waals surface area contributed by atoms with Crippen molar-refractivity contribution in [3.8, 4) is 0 Å². The largest absolute Gasteiger partial charge is 0.381 e. The van der Waals surface area contributed by atoms with Gasteiger partial charge >= 0.3 is 0 Å². The number of likely N-dealkylation sites (tertiary alicyclic amines) is 1. The first-order valence-corrected chi connectivity index (χ1v) is 7.99. The van der Waals surface area contributed by atoms with Crippen molar-refractivity contribution in [3.05, 3.63) is 0 Å². The molecule has 2 fully saturated rings. The Bertz CT molecular complexity index is 285. The second kappa shape index (κ2) is 8.60. The first-order chi connectivity index (χ1) is 9.78. The zero-order chi connectivity index (χ0) is 14.2. The molecule has 20 heavy (non-hydrogen) atoms. The van der Waals surface area contributed by atoms with Crippen molar-refractivity contribution in [3.63, 3.8) is 0 Å². The number of carbonyl (C=O) groups is 1. The molecule has 0 aliphatic carbocycles. The summed E-state index contributed by atoms with van der Waals surface area (Å²) in [6.45, 7) is 7.59. The van der Waals surface area contributed by atoms with Crippen molar-refractivity contribution in [1.82, 2.24) is 10.2 Å². The van der Waals surface area contributed by atoms with Gasteiger partial charge in [0, 0.05) is 38.8 Å². The van der Waals surface area contributed by atoms with E-state index in [9.17, 15) is 4.79 Å². The van der Waals surface area contributed by atoms with Crippen LogP contribution in [0.4, 0.5) is 0 Å². The van der Waals surface area contributed by atoms with Crippen LogP contribution in [0.15, 0.2) is 0 Å². The average Bonchev–Trinajstić information content (AvgIpc) is 2.49. The maximum Gasteiger partial charge on any atom is 0.222 e. The quantitative estimate of drug-likeness (QED) is 0.795. The molecule has 1 N–H and O–H groups in total. The topological polar surface area (TPSA) is 50.8 Å². The molecular formula is C15H28N2O3. The number of hydrogen-bond donors (Lipinski definition) is 1. The molecule has 116 valence electrons. The van der Waals surface area contributed by atoms with Gasteiger partial charge in [-0.2, -0.15) is 0 Å². The van der Waals surface area contributed by atoms with Crippen LogP contribution in [0.5, 0.6) is 0 Å². The third-order valence-electron chi connectivity index (χ3n) is 4.25. The van der Waals surface area contributed by atoms with Crippen LogP contribution in [0.3, 0.4) is 0 Å². The lowest BCUT2D eigenvalue weighted by Crippen LogP contribution is -2.44. The van der Waals surface area contributed by atoms with Crippen molar-refractivity contribution in [1.29, 1.82) is 0 Å². The Balaban J connectivity index is 1.54. The predicted octanol–water partition coefficient (Wildman–Crippen LogP) is 1.17. The minimum Gasteiger partial charge on any atom is -0.381 e. The summed E-state index contributed by atoms with van der Waals surface area (Å²) in [5.41, 5.74) is 0. The number of ether oxygens (including phenoxy) is 2. The second-order valence-electron chi connectivity index (χ2n) is 5.71. The van der Waals surface area contributed by atoms with Crippen LogP contribution in [0, 0.1) is 0 Å². The maximum atomic E-state index is 11.9. The van der Waals surface area contributed by atoms with E-state index in [0.717, 1.165) is 58.5 Å². The van der Waals surface area contributed by atoms with Gasteiger partial charge in [-0.05, 0) is 32.2 Å². The summed E-state index contributed by atoms with van der Waals surface area (Å²) >= 11 is 0. The predicted molar refractivity (Wildman–Crippen MR) is 77.7 cm³/mol. The fraction of sp³-hybridized carbons (Fsp3) is 0.933. The summed E-state index contributed by atoms with van der Waals surface area (Å²) in [4.78, 5) is 14.3. The van der Waals surface area contributed by atoms with Crippen LogP contribution >= 0.6 is 0 Å². The van der Waals surface area contributed by atoms with E-state index in [0.29, 0.717) is 19.1 Å². The van der Waals surface area contributed by atoms with Crippen molar-refractivity contribution in [2.75, 3.05) is 39.5 Å². The van der Waals surface area contributed by atoms with E-state index in [1.165, 1.54) is 0 Å². The van der Waals surface area contributed by atoms with Crippen molar-refractivity contribution in [2.45, 2.75) is 51.2 Å². The Kier molecular flexibility index (Phi) is 6.76. The summed E-state index contributed by atoms with van der Waals surface area (Å²) in [5, 5.41) is 3.13. The summed E-state index contributed by atoms with van der Waals surface area (Å²) in [6.07, 6.45) is 4.81. The number of carbonyl (C=O) groups excluding carboxylic acids is 1. The number of piperidine rings is 1. The molecule has 0 aromatic heterocycles. The lowest BCUT2D eigenvalue weighted by atomic mass is 10.1. The fourth-order valence-electron chi connectivity index (χ4n) is 2.85. The first-order valence-electron chi connectivity index (χ1n) is 7.99. The Labute approximate surface area is 122 Å². The highest BCUT2D eigenvalue weighted by atomic mass is 16.5. The van der Waals surface area contributed by atoms with Crippen LogP contribution in [0.2, 0.25) is 0 Å². The van der Waals surface area contributed by atoms with Crippen LogP contribution in [-0.2, 0) is 14.3 Å². The molecule has 2 aliphatic rings. The number of hydrogen-bond acceptors (Lipinski definition) is 4. The van der Waals surface area contributed by atoms with Gasteiger partial charge in [0.2, 0.25) is 5.91 Å². The zero-order valence-corrected chi connectivity index (χ0v) is 12.6. The molecule has 0 aromatic carbocycles. The highest BCUT2D eigenvalue weighted by molar-refractivity contribution is 5.76. The number of amides is 1. The molecule has 5 heteroatoms. The van der Waals surface area contributed by atoms with Crippen molar-refractivity contribution in [2.24, 2.45) is 0 Å². The van der Waals surface area contributed by atoms with Crippen molar-refractivity contribution < 1.29 is 14.3 Å². The van der Waals surface area contributed by atoms with Crippen LogP contribution in [0.1, 0.15) is 39.0 Å². The lowest BCUT2D eigenvalue weighted by Gasteiger charge is -2.31. The standard InChI is InChI=1S/C15H28N2O3/c1-2-17-8-3-13(4-9-17)16-15(18)7-12-20-14-5-10-19-11-6-14/h13-14H,2-12H2,1H3,(H,16,18). The Morgan fingerprint density at radius 3 is 2.60 bits per heavy atom. The molecule has 0 saturated carbocycles. The summed E-state index contributed by atoms with van der Waals surface area (Å²) in [6, 6.07) is 0.355. The van der Waals surface area contributed by atoms with Gasteiger partial charge in [0.25, 0.3) is 0 Å². The molecule has 2 aliphatic heterocycles. The van der Waals surface area contributed by atoms with E-state index in [1.807, 2.05) is 0 Å². The Morgan fingerprint density at radius 1 is 1.25 bits per heavy atom. The van der Waals surface area contributed by atoms with E-state index in [4.69, 9.17) is 9.47 Å². The molecule has 2 rings (SSSR count). The average molecular weight is 284 g/mol. The molecule has 0 radical (unpaired) electrons. The van der Waals surface area contributed by atoms with Gasteiger partial charge in [0.05, 0.1) is 12.7 Å². The van der Waals surface area contributed by atoms with Gasteiger partial charge in [-0.25, -0.2) is 0 Å². The minimum absolute atomic E-state index is 0.131. The maximum absolute atomic E-state index is 11.9. The molecule has 0 atom stereocenters. The first kappa shape index (κ1) is 15.7. The zero-order valence-electron chi connectivity index (χ0n) is 12.6. The Hall–Kier alpha value is -0.650. The minimum atomic E-state index is 0.131. The number of nitrogens with zero attached hydrogens (tertiary/aromatic N) is 1. The van der Waals surface area contributed by atoms with Gasteiger partial charge in [0.1, 0.15) is 0 Å². The van der Waals surface area contributed by atoms with Crippen LogP contribution < -0.4 is 5.32 Å². The van der Waals surface area contributed by atoms with E-state index in [1.54, 1.807) is 0 Å². The van der Waals surface area contributed by atoms with Crippen molar-refractivity contribution >= 4 is 5.91 Å². The molecule has 2 heterocycles. The lowest BCUT2D eigenvalue weighted by molar-refractivity contribution is -0.124. The summed E-state index contributed by atoms with van der Waals surface area (Å²) < 4.78 is 11.0. The number of rotatable bonds is 6. The summed E-state index contributed by atoms with van der Waals surface area (Å²) in [5.74, 6) is 0.131.